The molecule has 11 rings (SSSR count). The fourth-order valence-electron chi connectivity index (χ4n) is 9.41. The zero-order valence-corrected chi connectivity index (χ0v) is 29.7. The second-order valence-electron chi connectivity index (χ2n) is 14.4. The lowest BCUT2D eigenvalue weighted by Crippen LogP contribution is -2.26. The Balaban J connectivity index is 1.20. The largest absolute Gasteiger partial charge is 0.310 e. The maximum absolute atomic E-state index is 2.52. The van der Waals surface area contributed by atoms with Crippen molar-refractivity contribution in [3.05, 3.63) is 235 Å². The highest BCUT2D eigenvalue weighted by Crippen LogP contribution is 2.64. The Bertz CT molecular complexity index is 2720. The Labute approximate surface area is 316 Å². The number of benzene rings is 9. The van der Waals surface area contributed by atoms with Crippen molar-refractivity contribution < 1.29 is 0 Å². The van der Waals surface area contributed by atoms with Crippen molar-refractivity contribution in [2.45, 2.75) is 5.41 Å². The number of hydrogen-bond acceptors (Lipinski definition) is 1. The van der Waals surface area contributed by atoms with Crippen molar-refractivity contribution in [3.63, 3.8) is 0 Å². The molecule has 54 heavy (non-hydrogen) atoms. The molecule has 1 nitrogen and oxygen atoms in total. The van der Waals surface area contributed by atoms with E-state index in [4.69, 9.17) is 0 Å². The van der Waals surface area contributed by atoms with E-state index in [2.05, 4.69) is 217 Å². The summed E-state index contributed by atoms with van der Waals surface area (Å²) in [7, 11) is 0. The van der Waals surface area contributed by atoms with Crippen LogP contribution in [0.15, 0.2) is 212 Å². The lowest BCUT2D eigenvalue weighted by Gasteiger charge is -2.33. The minimum atomic E-state index is -0.447. The summed E-state index contributed by atoms with van der Waals surface area (Å²) >= 11 is 0. The minimum absolute atomic E-state index is 0.447. The topological polar surface area (TPSA) is 3.24 Å². The molecule has 0 bridgehead atoms. The lowest BCUT2D eigenvalue weighted by atomic mass is 9.70. The van der Waals surface area contributed by atoms with Gasteiger partial charge in [0.1, 0.15) is 0 Å². The van der Waals surface area contributed by atoms with E-state index in [1.807, 2.05) is 0 Å². The highest BCUT2D eigenvalue weighted by atomic mass is 15.1. The van der Waals surface area contributed by atoms with Crippen LogP contribution in [0.3, 0.4) is 0 Å². The Morgan fingerprint density at radius 2 is 0.685 bits per heavy atom. The van der Waals surface area contributed by atoms with Gasteiger partial charge in [0.25, 0.3) is 0 Å². The van der Waals surface area contributed by atoms with Crippen LogP contribution in [0.1, 0.15) is 22.3 Å². The molecule has 0 aliphatic heterocycles. The van der Waals surface area contributed by atoms with Crippen molar-refractivity contribution in [1.82, 2.24) is 0 Å². The number of fused-ring (bicyclic) bond motifs is 12. The molecular formula is C53H35N. The van der Waals surface area contributed by atoms with E-state index >= 15 is 0 Å². The first-order valence-corrected chi connectivity index (χ1v) is 18.8. The van der Waals surface area contributed by atoms with Gasteiger partial charge < -0.3 is 4.90 Å². The standard InChI is InChI=1S/C53H35N/c1-3-15-36(16-4-1)38-27-31-40(32-28-38)54(41-33-29-39(30-34-41)37-17-5-2-6-18-37)51-35-50-52(45-22-8-7-21-44(45)51)46-23-11-14-26-49(46)53(50)47-24-12-9-19-42(47)43-20-10-13-25-48(43)53/h1-35H. The number of hydrogen-bond donors (Lipinski definition) is 0. The first-order chi connectivity index (χ1) is 26.8. The third kappa shape index (κ3) is 4.39. The maximum atomic E-state index is 2.52. The second kappa shape index (κ2) is 12.0. The molecule has 0 N–H and O–H groups in total. The van der Waals surface area contributed by atoms with E-state index in [-0.39, 0.29) is 0 Å². The molecule has 0 aromatic heterocycles. The predicted molar refractivity (Wildman–Crippen MR) is 226 cm³/mol. The van der Waals surface area contributed by atoms with Crippen molar-refractivity contribution >= 4 is 27.8 Å². The van der Waals surface area contributed by atoms with E-state index in [1.165, 1.54) is 83.2 Å². The fourth-order valence-corrected chi connectivity index (χ4v) is 9.41. The fraction of sp³-hybridized carbons (Fsp3) is 0.0189. The smallest absolute Gasteiger partial charge is 0.0726 e. The summed E-state index contributed by atoms with van der Waals surface area (Å²) in [5.41, 5.74) is 18.4. The molecule has 0 heterocycles. The molecule has 0 radical (unpaired) electrons. The van der Waals surface area contributed by atoms with Crippen LogP contribution in [0.5, 0.6) is 0 Å². The lowest BCUT2D eigenvalue weighted by molar-refractivity contribution is 0.794. The molecule has 0 amide bonds. The SMILES string of the molecule is c1ccc(-c2ccc(N(c3ccc(-c4ccccc4)cc3)c3cc4c(c5ccccc35)-c3ccccc3C43c4ccccc4-c4ccccc43)cc2)cc1. The summed E-state index contributed by atoms with van der Waals surface area (Å²) in [6.07, 6.45) is 0. The van der Waals surface area contributed by atoms with Gasteiger partial charge in [0.15, 0.2) is 0 Å². The van der Waals surface area contributed by atoms with Gasteiger partial charge in [-0.15, -0.1) is 0 Å². The Hall–Kier alpha value is -6.96. The summed E-state index contributed by atoms with van der Waals surface area (Å²) in [4.78, 5) is 2.47. The molecular weight excluding hydrogens is 651 g/mol. The van der Waals surface area contributed by atoms with Gasteiger partial charge in [0.2, 0.25) is 0 Å². The van der Waals surface area contributed by atoms with E-state index in [1.54, 1.807) is 0 Å². The van der Waals surface area contributed by atoms with Gasteiger partial charge in [-0.2, -0.15) is 0 Å². The van der Waals surface area contributed by atoms with Gasteiger partial charge >= 0.3 is 0 Å². The van der Waals surface area contributed by atoms with Gasteiger partial charge in [0, 0.05) is 16.8 Å². The van der Waals surface area contributed by atoms with E-state index in [0.29, 0.717) is 0 Å². The minimum Gasteiger partial charge on any atom is -0.310 e. The normalized spacial score (nSPS) is 13.0. The van der Waals surface area contributed by atoms with Crippen LogP contribution in [0.2, 0.25) is 0 Å². The van der Waals surface area contributed by atoms with Gasteiger partial charge in [-0.25, -0.2) is 0 Å². The molecule has 0 unspecified atom stereocenters. The Morgan fingerprint density at radius 1 is 0.296 bits per heavy atom. The zero-order chi connectivity index (χ0) is 35.6. The van der Waals surface area contributed by atoms with Crippen LogP contribution in [-0.4, -0.2) is 0 Å². The summed E-state index contributed by atoms with van der Waals surface area (Å²) in [5.74, 6) is 0. The first-order valence-electron chi connectivity index (χ1n) is 18.8. The van der Waals surface area contributed by atoms with Crippen molar-refractivity contribution in [1.29, 1.82) is 0 Å². The molecule has 0 atom stereocenters. The van der Waals surface area contributed by atoms with Crippen molar-refractivity contribution in [2.75, 3.05) is 4.90 Å². The summed E-state index contributed by atoms with van der Waals surface area (Å²) in [6, 6.07) is 78.2. The maximum Gasteiger partial charge on any atom is 0.0726 e. The molecule has 1 spiro atoms. The molecule has 252 valence electrons. The monoisotopic (exact) mass is 685 g/mol. The predicted octanol–water partition coefficient (Wildman–Crippen LogP) is 14.0. The number of rotatable bonds is 5. The molecule has 0 saturated carbocycles. The Kier molecular flexibility index (Phi) is 6.84. The molecule has 0 saturated heterocycles. The molecule has 0 fully saturated rings. The van der Waals surface area contributed by atoms with Crippen LogP contribution in [0.25, 0.3) is 55.3 Å². The third-order valence-corrected chi connectivity index (χ3v) is 11.7. The van der Waals surface area contributed by atoms with E-state index in [0.717, 1.165) is 11.4 Å². The third-order valence-electron chi connectivity index (χ3n) is 11.7. The van der Waals surface area contributed by atoms with E-state index < -0.39 is 5.41 Å². The molecule has 1 heteroatoms. The molecule has 9 aromatic rings. The van der Waals surface area contributed by atoms with Crippen LogP contribution in [0.4, 0.5) is 17.1 Å². The average Bonchev–Trinajstić information content (AvgIpc) is 3.72. The van der Waals surface area contributed by atoms with Crippen LogP contribution in [0, 0.1) is 0 Å². The quantitative estimate of drug-likeness (QED) is 0.174. The summed E-state index contributed by atoms with van der Waals surface area (Å²) in [6.45, 7) is 0. The average molecular weight is 686 g/mol. The van der Waals surface area contributed by atoms with Crippen LogP contribution in [-0.2, 0) is 5.41 Å². The first kappa shape index (κ1) is 30.6. The van der Waals surface area contributed by atoms with Gasteiger partial charge in [-0.3, -0.25) is 0 Å². The van der Waals surface area contributed by atoms with Crippen LogP contribution >= 0.6 is 0 Å². The van der Waals surface area contributed by atoms with E-state index in [9.17, 15) is 0 Å². The Morgan fingerprint density at radius 3 is 1.20 bits per heavy atom. The van der Waals surface area contributed by atoms with Gasteiger partial charge in [-0.1, -0.05) is 182 Å². The molecule has 2 aliphatic carbocycles. The van der Waals surface area contributed by atoms with Crippen molar-refractivity contribution in [3.8, 4) is 44.5 Å². The summed E-state index contributed by atoms with van der Waals surface area (Å²) < 4.78 is 0. The van der Waals surface area contributed by atoms with Crippen LogP contribution < -0.4 is 4.90 Å². The zero-order valence-electron chi connectivity index (χ0n) is 29.7. The van der Waals surface area contributed by atoms with Gasteiger partial charge in [-0.05, 0) is 102 Å². The second-order valence-corrected chi connectivity index (χ2v) is 14.4. The highest BCUT2D eigenvalue weighted by molar-refractivity contribution is 6.12. The van der Waals surface area contributed by atoms with Gasteiger partial charge in [0.05, 0.1) is 11.1 Å². The molecule has 9 aromatic carbocycles. The highest BCUT2D eigenvalue weighted by Gasteiger charge is 2.52. The van der Waals surface area contributed by atoms with Crippen molar-refractivity contribution in [2.24, 2.45) is 0 Å². The number of anilines is 3. The number of nitrogens with zero attached hydrogens (tertiary/aromatic N) is 1. The molecule has 2 aliphatic rings. The summed E-state index contributed by atoms with van der Waals surface area (Å²) in [5, 5.41) is 2.49.